The Morgan fingerprint density at radius 1 is 1.35 bits per heavy atom. The van der Waals surface area contributed by atoms with Crippen LogP contribution in [0.25, 0.3) is 0 Å². The molecule has 1 aromatic carbocycles. The number of nitrogens with one attached hydrogen (secondary N) is 1. The van der Waals surface area contributed by atoms with Crippen molar-refractivity contribution in [2.75, 3.05) is 33.8 Å². The van der Waals surface area contributed by atoms with Gasteiger partial charge < -0.3 is 10.1 Å². The maximum absolute atomic E-state index is 6.31. The summed E-state index contributed by atoms with van der Waals surface area (Å²) >= 11 is 6.31. The number of methoxy groups -OCH3 is 1. The van der Waals surface area contributed by atoms with Crippen LogP contribution in [0.4, 0.5) is 0 Å². The first kappa shape index (κ1) is 15.6. The molecule has 0 aromatic heterocycles. The highest BCUT2D eigenvalue weighted by Crippen LogP contribution is 2.29. The normalized spacial score (nSPS) is 17.4. The number of halogens is 1. The van der Waals surface area contributed by atoms with Crippen LogP contribution in [-0.4, -0.2) is 38.7 Å². The van der Waals surface area contributed by atoms with Crippen LogP contribution >= 0.6 is 11.6 Å². The van der Waals surface area contributed by atoms with Crippen LogP contribution in [-0.2, 0) is 6.54 Å². The Balaban J connectivity index is 1.89. The molecule has 2 rings (SSSR count). The number of ether oxygens (including phenoxy) is 1. The molecule has 112 valence electrons. The fourth-order valence-electron chi connectivity index (χ4n) is 2.89. The van der Waals surface area contributed by atoms with E-state index >= 15 is 0 Å². The molecule has 0 radical (unpaired) electrons. The Hall–Kier alpha value is -0.770. The average molecular weight is 297 g/mol. The maximum atomic E-state index is 6.31. The molecule has 0 atom stereocenters. The van der Waals surface area contributed by atoms with Crippen LogP contribution in [0.5, 0.6) is 5.75 Å². The summed E-state index contributed by atoms with van der Waals surface area (Å²) in [6.45, 7) is 4.33. The van der Waals surface area contributed by atoms with Gasteiger partial charge in [0, 0.05) is 17.1 Å². The van der Waals surface area contributed by atoms with E-state index in [0.717, 1.165) is 48.4 Å². The summed E-state index contributed by atoms with van der Waals surface area (Å²) in [4.78, 5) is 2.49. The maximum Gasteiger partial charge on any atom is 0.124 e. The van der Waals surface area contributed by atoms with E-state index in [2.05, 4.69) is 10.2 Å². The average Bonchev–Trinajstić information content (AvgIpc) is 2.48. The summed E-state index contributed by atoms with van der Waals surface area (Å²) < 4.78 is 5.42. The summed E-state index contributed by atoms with van der Waals surface area (Å²) in [5, 5.41) is 4.05. The fourth-order valence-corrected chi connectivity index (χ4v) is 3.11. The summed E-state index contributed by atoms with van der Waals surface area (Å²) in [6, 6.07) is 5.87. The first-order valence-corrected chi connectivity index (χ1v) is 7.80. The Labute approximate surface area is 127 Å². The highest BCUT2D eigenvalue weighted by Gasteiger charge is 2.20. The van der Waals surface area contributed by atoms with Crippen molar-refractivity contribution < 1.29 is 4.74 Å². The minimum absolute atomic E-state index is 0.807. The standard InChI is InChI=1S/C16H25ClN2O/c1-18-9-6-13-7-10-19(11-8-13)12-14-15(17)4-3-5-16(14)20-2/h3-5,13,18H,6-12H2,1-2H3. The highest BCUT2D eigenvalue weighted by atomic mass is 35.5. The van der Waals surface area contributed by atoms with E-state index in [1.165, 1.54) is 19.3 Å². The van der Waals surface area contributed by atoms with Crippen molar-refractivity contribution in [1.82, 2.24) is 10.2 Å². The fraction of sp³-hybridized carbons (Fsp3) is 0.625. The van der Waals surface area contributed by atoms with E-state index in [1.54, 1.807) is 7.11 Å². The van der Waals surface area contributed by atoms with Gasteiger partial charge in [0.2, 0.25) is 0 Å². The van der Waals surface area contributed by atoms with Crippen LogP contribution in [0.15, 0.2) is 18.2 Å². The van der Waals surface area contributed by atoms with E-state index in [-0.39, 0.29) is 0 Å². The molecule has 1 aromatic rings. The monoisotopic (exact) mass is 296 g/mol. The minimum Gasteiger partial charge on any atom is -0.496 e. The molecular weight excluding hydrogens is 272 g/mol. The molecule has 0 unspecified atom stereocenters. The van der Waals surface area contributed by atoms with Crippen LogP contribution in [0.2, 0.25) is 5.02 Å². The van der Waals surface area contributed by atoms with Gasteiger partial charge >= 0.3 is 0 Å². The first-order valence-electron chi connectivity index (χ1n) is 7.43. The smallest absolute Gasteiger partial charge is 0.124 e. The molecule has 0 bridgehead atoms. The van der Waals surface area contributed by atoms with Gasteiger partial charge in [-0.3, -0.25) is 4.90 Å². The molecule has 0 saturated carbocycles. The van der Waals surface area contributed by atoms with Crippen molar-refractivity contribution in [1.29, 1.82) is 0 Å². The second-order valence-corrected chi connectivity index (χ2v) is 5.94. The Morgan fingerprint density at radius 2 is 2.10 bits per heavy atom. The largest absolute Gasteiger partial charge is 0.496 e. The van der Waals surface area contributed by atoms with Gasteiger partial charge in [0.15, 0.2) is 0 Å². The van der Waals surface area contributed by atoms with E-state index in [9.17, 15) is 0 Å². The zero-order valence-corrected chi connectivity index (χ0v) is 13.2. The SMILES string of the molecule is CNCCC1CCN(Cc2c(Cl)cccc2OC)CC1. The number of hydrogen-bond donors (Lipinski definition) is 1. The van der Waals surface area contributed by atoms with Gasteiger partial charge in [0.05, 0.1) is 7.11 Å². The number of rotatable bonds is 6. The molecule has 1 heterocycles. The predicted molar refractivity (Wildman–Crippen MR) is 84.5 cm³/mol. The predicted octanol–water partition coefficient (Wildman–Crippen LogP) is 3.17. The Bertz CT molecular complexity index is 417. The van der Waals surface area contributed by atoms with Gasteiger partial charge in [-0.25, -0.2) is 0 Å². The van der Waals surface area contributed by atoms with Crippen LogP contribution < -0.4 is 10.1 Å². The zero-order valence-electron chi connectivity index (χ0n) is 12.5. The number of piperidine rings is 1. The highest BCUT2D eigenvalue weighted by molar-refractivity contribution is 6.31. The lowest BCUT2D eigenvalue weighted by Gasteiger charge is -2.32. The van der Waals surface area contributed by atoms with E-state index in [4.69, 9.17) is 16.3 Å². The van der Waals surface area contributed by atoms with Crippen LogP contribution in [0.1, 0.15) is 24.8 Å². The van der Waals surface area contributed by atoms with Crippen molar-refractivity contribution in [2.45, 2.75) is 25.8 Å². The van der Waals surface area contributed by atoms with Crippen molar-refractivity contribution in [2.24, 2.45) is 5.92 Å². The quantitative estimate of drug-likeness (QED) is 0.873. The van der Waals surface area contributed by atoms with E-state index < -0.39 is 0 Å². The zero-order chi connectivity index (χ0) is 14.4. The van der Waals surface area contributed by atoms with Gasteiger partial charge in [0.25, 0.3) is 0 Å². The van der Waals surface area contributed by atoms with Gasteiger partial charge in [-0.05, 0) is 64.0 Å². The molecule has 1 aliphatic heterocycles. The second kappa shape index (κ2) is 7.87. The molecule has 4 heteroatoms. The lowest BCUT2D eigenvalue weighted by Crippen LogP contribution is -2.34. The second-order valence-electron chi connectivity index (χ2n) is 5.53. The van der Waals surface area contributed by atoms with E-state index in [1.807, 2.05) is 25.2 Å². The molecule has 1 N–H and O–H groups in total. The number of likely N-dealkylation sites (tertiary alicyclic amines) is 1. The number of hydrogen-bond acceptors (Lipinski definition) is 3. The third-order valence-corrected chi connectivity index (χ3v) is 4.54. The molecule has 1 aliphatic rings. The van der Waals surface area contributed by atoms with Crippen LogP contribution in [0.3, 0.4) is 0 Å². The van der Waals surface area contributed by atoms with Gasteiger partial charge in [-0.1, -0.05) is 17.7 Å². The lowest BCUT2D eigenvalue weighted by atomic mass is 9.93. The molecule has 20 heavy (non-hydrogen) atoms. The molecule has 1 fully saturated rings. The van der Waals surface area contributed by atoms with Crippen molar-refractivity contribution in [3.63, 3.8) is 0 Å². The summed E-state index contributed by atoms with van der Waals surface area (Å²) in [6.07, 6.45) is 3.86. The Morgan fingerprint density at radius 3 is 2.75 bits per heavy atom. The minimum atomic E-state index is 0.807. The van der Waals surface area contributed by atoms with Crippen molar-refractivity contribution in [3.05, 3.63) is 28.8 Å². The third-order valence-electron chi connectivity index (χ3n) is 4.19. The summed E-state index contributed by atoms with van der Waals surface area (Å²) in [7, 11) is 3.73. The molecule has 0 aliphatic carbocycles. The molecule has 1 saturated heterocycles. The summed E-state index contributed by atoms with van der Waals surface area (Å²) in [5.74, 6) is 1.77. The van der Waals surface area contributed by atoms with Crippen LogP contribution in [0, 0.1) is 5.92 Å². The van der Waals surface area contributed by atoms with Crippen molar-refractivity contribution in [3.8, 4) is 5.75 Å². The Kier molecular flexibility index (Phi) is 6.14. The van der Waals surface area contributed by atoms with E-state index in [0.29, 0.717) is 0 Å². The first-order chi connectivity index (χ1) is 9.74. The number of benzene rings is 1. The molecule has 3 nitrogen and oxygen atoms in total. The molecule has 0 amide bonds. The van der Waals surface area contributed by atoms with Gasteiger partial charge in [-0.2, -0.15) is 0 Å². The molecular formula is C16H25ClN2O. The molecule has 0 spiro atoms. The van der Waals surface area contributed by atoms with Gasteiger partial charge in [-0.15, -0.1) is 0 Å². The topological polar surface area (TPSA) is 24.5 Å². The van der Waals surface area contributed by atoms with Gasteiger partial charge in [0.1, 0.15) is 5.75 Å². The third kappa shape index (κ3) is 4.11. The number of nitrogens with zero attached hydrogens (tertiary/aromatic N) is 1. The van der Waals surface area contributed by atoms with Crippen molar-refractivity contribution >= 4 is 11.6 Å². The lowest BCUT2D eigenvalue weighted by molar-refractivity contribution is 0.171. The summed E-state index contributed by atoms with van der Waals surface area (Å²) in [5.41, 5.74) is 1.12.